The zero-order valence-corrected chi connectivity index (χ0v) is 14.9. The minimum Gasteiger partial charge on any atom is -0.361 e. The number of halogens is 1. The monoisotopic (exact) mass is 354 g/mol. The molecule has 1 N–H and O–H groups in total. The molecule has 0 aliphatic carbocycles. The van der Waals surface area contributed by atoms with E-state index in [9.17, 15) is 4.79 Å². The van der Waals surface area contributed by atoms with Gasteiger partial charge in [0.2, 0.25) is 5.91 Å². The van der Waals surface area contributed by atoms with E-state index in [1.165, 1.54) is 0 Å². The number of nitrogens with one attached hydrogen (secondary N) is 1. The highest BCUT2D eigenvalue weighted by molar-refractivity contribution is 6.30. The van der Waals surface area contributed by atoms with Gasteiger partial charge in [-0.2, -0.15) is 0 Å². The van der Waals surface area contributed by atoms with Gasteiger partial charge >= 0.3 is 0 Å². The highest BCUT2D eigenvalue weighted by Gasteiger charge is 2.19. The molecule has 3 rings (SSSR count). The Labute approximate surface area is 151 Å². The number of aromatic nitrogens is 1. The Morgan fingerprint density at radius 1 is 1.08 bits per heavy atom. The Morgan fingerprint density at radius 2 is 1.72 bits per heavy atom. The van der Waals surface area contributed by atoms with Gasteiger partial charge in [-0.15, -0.1) is 0 Å². The average Bonchev–Trinajstić information content (AvgIpc) is 2.93. The van der Waals surface area contributed by atoms with Crippen LogP contribution in [-0.2, 0) is 11.2 Å². The fourth-order valence-electron chi connectivity index (χ4n) is 2.79. The third-order valence-electron chi connectivity index (χ3n) is 4.16. The van der Waals surface area contributed by atoms with Crippen molar-refractivity contribution < 1.29 is 9.32 Å². The Morgan fingerprint density at radius 3 is 2.32 bits per heavy atom. The van der Waals surface area contributed by atoms with Crippen molar-refractivity contribution in [2.75, 3.05) is 0 Å². The summed E-state index contributed by atoms with van der Waals surface area (Å²) in [5.74, 6) is 0.591. The lowest BCUT2D eigenvalue weighted by Crippen LogP contribution is -2.30. The minimum atomic E-state index is -0.244. The molecule has 0 saturated heterocycles. The van der Waals surface area contributed by atoms with Gasteiger partial charge in [0.05, 0.1) is 18.2 Å². The number of carbonyl (C=O) groups is 1. The Hall–Kier alpha value is -2.59. The standard InChI is InChI=1S/C20H19ClN2O2/c1-13-18(14(2)25-23-13)12-19(24)22-20(15-6-4-3-5-7-15)16-8-10-17(21)11-9-16/h3-11,20H,12H2,1-2H3,(H,22,24)/t20-/m0/s1. The first kappa shape index (κ1) is 17.2. The summed E-state index contributed by atoms with van der Waals surface area (Å²) in [6, 6.07) is 17.1. The predicted molar refractivity (Wildman–Crippen MR) is 97.6 cm³/mol. The lowest BCUT2D eigenvalue weighted by atomic mass is 9.98. The smallest absolute Gasteiger partial charge is 0.225 e. The van der Waals surface area contributed by atoms with E-state index in [-0.39, 0.29) is 18.4 Å². The van der Waals surface area contributed by atoms with Crippen molar-refractivity contribution in [3.63, 3.8) is 0 Å². The van der Waals surface area contributed by atoms with Crippen LogP contribution in [0.3, 0.4) is 0 Å². The van der Waals surface area contributed by atoms with Crippen LogP contribution >= 0.6 is 11.6 Å². The summed E-state index contributed by atoms with van der Waals surface area (Å²) in [6.07, 6.45) is 0.234. The van der Waals surface area contributed by atoms with Crippen LogP contribution in [0.15, 0.2) is 59.1 Å². The van der Waals surface area contributed by atoms with Crippen LogP contribution in [0.25, 0.3) is 0 Å². The van der Waals surface area contributed by atoms with Crippen molar-refractivity contribution in [3.05, 3.63) is 87.8 Å². The molecule has 4 nitrogen and oxygen atoms in total. The molecule has 1 aromatic heterocycles. The molecule has 25 heavy (non-hydrogen) atoms. The van der Waals surface area contributed by atoms with Gasteiger partial charge in [0.25, 0.3) is 0 Å². The SMILES string of the molecule is Cc1noc(C)c1CC(=O)N[C@@H](c1ccccc1)c1ccc(Cl)cc1. The molecule has 0 aliphatic rings. The third-order valence-corrected chi connectivity index (χ3v) is 4.41. The second-order valence-electron chi connectivity index (χ2n) is 5.94. The summed E-state index contributed by atoms with van der Waals surface area (Å²) < 4.78 is 5.14. The van der Waals surface area contributed by atoms with E-state index < -0.39 is 0 Å². The average molecular weight is 355 g/mol. The normalized spacial score (nSPS) is 12.0. The van der Waals surface area contributed by atoms with Crippen LogP contribution in [0.2, 0.25) is 5.02 Å². The molecule has 5 heteroatoms. The first-order valence-corrected chi connectivity index (χ1v) is 8.44. The highest BCUT2D eigenvalue weighted by atomic mass is 35.5. The van der Waals surface area contributed by atoms with Crippen LogP contribution in [0.5, 0.6) is 0 Å². The van der Waals surface area contributed by atoms with E-state index in [2.05, 4.69) is 10.5 Å². The number of hydrogen-bond acceptors (Lipinski definition) is 3. The molecular formula is C20H19ClN2O2. The lowest BCUT2D eigenvalue weighted by molar-refractivity contribution is -0.121. The van der Waals surface area contributed by atoms with E-state index >= 15 is 0 Å². The Balaban J connectivity index is 1.85. The van der Waals surface area contributed by atoms with Crippen molar-refractivity contribution in [2.24, 2.45) is 0 Å². The summed E-state index contributed by atoms with van der Waals surface area (Å²) in [5.41, 5.74) is 3.57. The van der Waals surface area contributed by atoms with Crippen LogP contribution in [0.1, 0.15) is 34.2 Å². The molecule has 0 saturated carbocycles. The maximum Gasteiger partial charge on any atom is 0.225 e. The number of amides is 1. The number of rotatable bonds is 5. The molecular weight excluding hydrogens is 336 g/mol. The molecule has 0 fully saturated rings. The fourth-order valence-corrected chi connectivity index (χ4v) is 2.91. The summed E-state index contributed by atoms with van der Waals surface area (Å²) in [5, 5.41) is 7.68. The molecule has 0 radical (unpaired) electrons. The van der Waals surface area contributed by atoms with Crippen molar-refractivity contribution in [3.8, 4) is 0 Å². The van der Waals surface area contributed by atoms with Gasteiger partial charge < -0.3 is 9.84 Å². The van der Waals surface area contributed by atoms with Crippen molar-refractivity contribution >= 4 is 17.5 Å². The number of carbonyl (C=O) groups excluding carboxylic acids is 1. The van der Waals surface area contributed by atoms with Crippen LogP contribution in [0.4, 0.5) is 0 Å². The number of nitrogens with zero attached hydrogens (tertiary/aromatic N) is 1. The zero-order valence-electron chi connectivity index (χ0n) is 14.1. The molecule has 128 valence electrons. The van der Waals surface area contributed by atoms with Gasteiger partial charge in [-0.05, 0) is 37.1 Å². The Bertz CT molecular complexity index is 838. The molecule has 1 heterocycles. The van der Waals surface area contributed by atoms with Crippen LogP contribution in [0, 0.1) is 13.8 Å². The van der Waals surface area contributed by atoms with Gasteiger partial charge in [0.15, 0.2) is 0 Å². The van der Waals surface area contributed by atoms with Crippen molar-refractivity contribution in [1.82, 2.24) is 10.5 Å². The minimum absolute atomic E-state index is 0.0850. The zero-order chi connectivity index (χ0) is 17.8. The summed E-state index contributed by atoms with van der Waals surface area (Å²) >= 11 is 5.99. The van der Waals surface area contributed by atoms with Gasteiger partial charge in [0, 0.05) is 10.6 Å². The van der Waals surface area contributed by atoms with Crippen LogP contribution in [-0.4, -0.2) is 11.1 Å². The topological polar surface area (TPSA) is 55.1 Å². The largest absolute Gasteiger partial charge is 0.361 e. The van der Waals surface area contributed by atoms with Gasteiger partial charge in [-0.3, -0.25) is 4.79 Å². The van der Waals surface area contributed by atoms with E-state index in [4.69, 9.17) is 16.1 Å². The third kappa shape index (κ3) is 4.09. The molecule has 0 spiro atoms. The fraction of sp³-hybridized carbons (Fsp3) is 0.200. The maximum absolute atomic E-state index is 12.6. The molecule has 0 aliphatic heterocycles. The molecule has 1 atom stereocenters. The van der Waals surface area contributed by atoms with Gasteiger partial charge in [-0.1, -0.05) is 59.2 Å². The molecule has 3 aromatic rings. The first-order chi connectivity index (χ1) is 12.0. The second-order valence-corrected chi connectivity index (χ2v) is 6.38. The van der Waals surface area contributed by atoms with Crippen molar-refractivity contribution in [1.29, 1.82) is 0 Å². The van der Waals surface area contributed by atoms with Gasteiger partial charge in [0.1, 0.15) is 5.76 Å². The van der Waals surface area contributed by atoms with Crippen LogP contribution < -0.4 is 5.32 Å². The van der Waals surface area contributed by atoms with E-state index in [0.717, 1.165) is 22.4 Å². The summed E-state index contributed by atoms with van der Waals surface area (Å²) in [6.45, 7) is 3.66. The quantitative estimate of drug-likeness (QED) is 0.739. The molecule has 0 bridgehead atoms. The van der Waals surface area contributed by atoms with E-state index in [1.807, 2.05) is 68.4 Å². The maximum atomic E-state index is 12.6. The molecule has 0 unspecified atom stereocenters. The highest BCUT2D eigenvalue weighted by Crippen LogP contribution is 2.24. The van der Waals surface area contributed by atoms with E-state index in [0.29, 0.717) is 10.8 Å². The summed E-state index contributed by atoms with van der Waals surface area (Å²) in [7, 11) is 0. The predicted octanol–water partition coefficient (Wildman–Crippen LogP) is 4.39. The van der Waals surface area contributed by atoms with E-state index in [1.54, 1.807) is 0 Å². The second kappa shape index (κ2) is 7.53. The Kier molecular flexibility index (Phi) is 5.19. The molecule has 1 amide bonds. The van der Waals surface area contributed by atoms with Gasteiger partial charge in [-0.25, -0.2) is 0 Å². The molecule has 2 aromatic carbocycles. The first-order valence-electron chi connectivity index (χ1n) is 8.06. The lowest BCUT2D eigenvalue weighted by Gasteiger charge is -2.20. The number of aryl methyl sites for hydroxylation is 2. The number of benzene rings is 2. The summed E-state index contributed by atoms with van der Waals surface area (Å²) in [4.78, 5) is 12.6. The number of hydrogen-bond donors (Lipinski definition) is 1. The van der Waals surface area contributed by atoms with Crippen molar-refractivity contribution in [2.45, 2.75) is 26.3 Å².